The first-order chi connectivity index (χ1) is 15.3. The summed E-state index contributed by atoms with van der Waals surface area (Å²) in [4.78, 5) is 4.70. The number of nitrogen functional groups attached to an aromatic ring is 1. The third-order valence-corrected chi connectivity index (χ3v) is 7.15. The summed E-state index contributed by atoms with van der Waals surface area (Å²) in [5.41, 5.74) is 2.13. The predicted octanol–water partition coefficient (Wildman–Crippen LogP) is 3.40. The van der Waals surface area contributed by atoms with Gasteiger partial charge in [0, 0.05) is 12.1 Å². The molecule has 0 bridgehead atoms. The van der Waals surface area contributed by atoms with Crippen molar-refractivity contribution >= 4 is 44.4 Å². The minimum atomic E-state index is -3.81. The summed E-state index contributed by atoms with van der Waals surface area (Å²) in [6.45, 7) is 2.87. The molecule has 32 heavy (non-hydrogen) atoms. The zero-order chi connectivity index (χ0) is 22.9. The molecule has 0 aliphatic carbocycles. The van der Waals surface area contributed by atoms with Crippen molar-refractivity contribution in [1.82, 2.24) is 24.4 Å². The van der Waals surface area contributed by atoms with Crippen LogP contribution in [0.15, 0.2) is 52.5 Å². The maximum Gasteiger partial charge on any atom is 0.238 e. The van der Waals surface area contributed by atoms with Gasteiger partial charge in [0.05, 0.1) is 26.7 Å². The van der Waals surface area contributed by atoms with Gasteiger partial charge in [0.25, 0.3) is 0 Å². The Bertz CT molecular complexity index is 1380. The number of fused-ring (bicyclic) bond motifs is 1. The number of halogens is 1. The van der Waals surface area contributed by atoms with E-state index in [2.05, 4.69) is 26.7 Å². The average molecular weight is 492 g/mol. The van der Waals surface area contributed by atoms with E-state index in [0.717, 1.165) is 30.7 Å². The van der Waals surface area contributed by atoms with Crippen molar-refractivity contribution in [2.24, 2.45) is 5.14 Å². The molecule has 0 atom stereocenters. The van der Waals surface area contributed by atoms with E-state index in [9.17, 15) is 8.42 Å². The topological polar surface area (TPSA) is 135 Å². The molecule has 0 spiro atoms. The molecule has 0 aliphatic heterocycles. The maximum atomic E-state index is 11.7. The summed E-state index contributed by atoms with van der Waals surface area (Å²) < 4.78 is 27.0. The van der Waals surface area contributed by atoms with E-state index < -0.39 is 10.0 Å². The van der Waals surface area contributed by atoms with Crippen LogP contribution in [0.5, 0.6) is 0 Å². The summed E-state index contributed by atoms with van der Waals surface area (Å²) in [6, 6.07) is 12.0. The van der Waals surface area contributed by atoms with Crippen molar-refractivity contribution in [3.05, 3.63) is 53.3 Å². The molecule has 2 heterocycles. The number of hydrogen-bond acceptors (Lipinski definition) is 7. The lowest BCUT2D eigenvalue weighted by Gasteiger charge is -2.09. The number of unbranched alkanes of at least 4 members (excludes halogenated alkanes) is 1. The molecular weight excluding hydrogens is 470 g/mol. The van der Waals surface area contributed by atoms with Crippen molar-refractivity contribution in [3.8, 4) is 11.4 Å². The van der Waals surface area contributed by atoms with Gasteiger partial charge < -0.3 is 10.4 Å². The van der Waals surface area contributed by atoms with E-state index in [4.69, 9.17) is 22.6 Å². The second-order valence-corrected chi connectivity index (χ2v) is 10.1. The quantitative estimate of drug-likeness (QED) is 0.285. The van der Waals surface area contributed by atoms with Gasteiger partial charge in [-0.1, -0.05) is 48.8 Å². The fraction of sp³-hybridized carbons (Fsp3) is 0.250. The molecule has 4 N–H and O–H groups in total. The average Bonchev–Trinajstić information content (AvgIpc) is 3.29. The summed E-state index contributed by atoms with van der Waals surface area (Å²) in [5, 5.41) is 14.7. The number of rotatable bonds is 8. The highest BCUT2D eigenvalue weighted by atomic mass is 35.5. The number of hydrogen-bond donors (Lipinski definition) is 2. The van der Waals surface area contributed by atoms with Crippen LogP contribution in [0.2, 0.25) is 5.02 Å². The maximum absolute atomic E-state index is 11.7. The number of imidazole rings is 1. The highest BCUT2D eigenvalue weighted by Gasteiger charge is 2.18. The third kappa shape index (κ3) is 4.46. The van der Waals surface area contributed by atoms with E-state index in [0.29, 0.717) is 32.8 Å². The molecule has 9 nitrogen and oxygen atoms in total. The largest absolute Gasteiger partial charge is 0.335 e. The number of primary sulfonamides is 1. The molecule has 0 amide bonds. The zero-order valence-corrected chi connectivity index (χ0v) is 19.7. The Labute approximate surface area is 194 Å². The van der Waals surface area contributed by atoms with Crippen LogP contribution < -0.4 is 11.0 Å². The Kier molecular flexibility index (Phi) is 6.42. The molecule has 168 valence electrons. The molecule has 4 aromatic rings. The lowest BCUT2D eigenvalue weighted by Crippen LogP contribution is -2.12. The van der Waals surface area contributed by atoms with Crippen LogP contribution in [-0.4, -0.2) is 32.8 Å². The summed E-state index contributed by atoms with van der Waals surface area (Å²) in [5.74, 6) is 7.96. The molecule has 2 aromatic carbocycles. The number of thioether (sulfide) groups is 1. The second kappa shape index (κ2) is 9.10. The standard InChI is InChI=1S/C20H22ClN7O2S2/c1-2-3-10-27-17-9-8-13(32(23,29)30)11-16(17)24-18(27)12-31-20-26-25-19(28(20)22)14-6-4-5-7-15(14)21/h4-9,11H,2-3,10,12,22H2,1H3,(H2,23,29,30). The molecule has 0 aliphatic rings. The summed E-state index contributed by atoms with van der Waals surface area (Å²) in [7, 11) is -3.81. The molecule has 0 fully saturated rings. The van der Waals surface area contributed by atoms with Gasteiger partial charge >= 0.3 is 0 Å². The number of aryl methyl sites for hydroxylation is 1. The first-order valence-electron chi connectivity index (χ1n) is 9.89. The SMILES string of the molecule is CCCCn1c(CSc2nnc(-c3ccccc3Cl)n2N)nc2cc(S(N)(=O)=O)ccc21. The fourth-order valence-corrected chi connectivity index (χ4v) is 4.90. The highest BCUT2D eigenvalue weighted by molar-refractivity contribution is 7.98. The van der Waals surface area contributed by atoms with Gasteiger partial charge in [-0.25, -0.2) is 23.2 Å². The Morgan fingerprint density at radius 2 is 1.94 bits per heavy atom. The zero-order valence-electron chi connectivity index (χ0n) is 17.3. The normalized spacial score (nSPS) is 12.0. The number of nitrogens with two attached hydrogens (primary N) is 2. The smallest absolute Gasteiger partial charge is 0.238 e. The van der Waals surface area contributed by atoms with E-state index in [1.807, 2.05) is 18.2 Å². The Morgan fingerprint density at radius 1 is 1.16 bits per heavy atom. The molecule has 12 heteroatoms. The van der Waals surface area contributed by atoms with Crippen molar-refractivity contribution in [3.63, 3.8) is 0 Å². The monoisotopic (exact) mass is 491 g/mol. The van der Waals surface area contributed by atoms with E-state index in [1.165, 1.54) is 28.6 Å². The van der Waals surface area contributed by atoms with Crippen LogP contribution in [0.3, 0.4) is 0 Å². The number of aromatic nitrogens is 5. The second-order valence-electron chi connectivity index (χ2n) is 7.17. The predicted molar refractivity (Wildman–Crippen MR) is 126 cm³/mol. The van der Waals surface area contributed by atoms with Crippen LogP contribution >= 0.6 is 23.4 Å². The molecular formula is C20H22ClN7O2S2. The van der Waals surface area contributed by atoms with Crippen molar-refractivity contribution in [2.75, 3.05) is 5.84 Å². The van der Waals surface area contributed by atoms with Crippen LogP contribution in [0.1, 0.15) is 25.6 Å². The Balaban J connectivity index is 1.65. The van der Waals surface area contributed by atoms with Gasteiger partial charge in [-0.15, -0.1) is 10.2 Å². The Morgan fingerprint density at radius 3 is 2.66 bits per heavy atom. The lowest BCUT2D eigenvalue weighted by molar-refractivity contribution is 0.598. The summed E-state index contributed by atoms with van der Waals surface area (Å²) >= 11 is 7.65. The van der Waals surface area contributed by atoms with Crippen LogP contribution in [0, 0.1) is 0 Å². The fourth-order valence-electron chi connectivity index (χ4n) is 3.34. The first kappa shape index (κ1) is 22.6. The van der Waals surface area contributed by atoms with Gasteiger partial charge in [-0.05, 0) is 36.8 Å². The van der Waals surface area contributed by atoms with E-state index in [-0.39, 0.29) is 4.90 Å². The minimum Gasteiger partial charge on any atom is -0.335 e. The van der Waals surface area contributed by atoms with E-state index in [1.54, 1.807) is 12.1 Å². The number of sulfonamides is 1. The van der Waals surface area contributed by atoms with Crippen LogP contribution in [0.25, 0.3) is 22.4 Å². The van der Waals surface area contributed by atoms with Gasteiger partial charge in [-0.2, -0.15) is 0 Å². The highest BCUT2D eigenvalue weighted by Crippen LogP contribution is 2.30. The molecule has 0 saturated heterocycles. The molecule has 0 unspecified atom stereocenters. The molecule has 0 saturated carbocycles. The van der Waals surface area contributed by atoms with Crippen molar-refractivity contribution < 1.29 is 8.42 Å². The lowest BCUT2D eigenvalue weighted by atomic mass is 10.2. The summed E-state index contributed by atoms with van der Waals surface area (Å²) in [6.07, 6.45) is 1.98. The molecule has 0 radical (unpaired) electrons. The van der Waals surface area contributed by atoms with E-state index >= 15 is 0 Å². The van der Waals surface area contributed by atoms with Gasteiger partial charge in [-0.3, -0.25) is 0 Å². The van der Waals surface area contributed by atoms with Crippen molar-refractivity contribution in [2.45, 2.75) is 42.1 Å². The Hall–Kier alpha value is -2.60. The molecule has 4 rings (SSSR count). The molecule has 2 aromatic heterocycles. The third-order valence-electron chi connectivity index (χ3n) is 4.97. The number of benzene rings is 2. The van der Waals surface area contributed by atoms with Crippen molar-refractivity contribution in [1.29, 1.82) is 0 Å². The van der Waals surface area contributed by atoms with Crippen LogP contribution in [0.4, 0.5) is 0 Å². The van der Waals surface area contributed by atoms with Gasteiger partial charge in [0.1, 0.15) is 5.82 Å². The van der Waals surface area contributed by atoms with Gasteiger partial charge in [0.2, 0.25) is 15.2 Å². The first-order valence-corrected chi connectivity index (χ1v) is 12.8. The van der Waals surface area contributed by atoms with Crippen LogP contribution in [-0.2, 0) is 22.3 Å². The minimum absolute atomic E-state index is 0.0374. The number of nitrogens with zero attached hydrogens (tertiary/aromatic N) is 5. The van der Waals surface area contributed by atoms with Gasteiger partial charge in [0.15, 0.2) is 5.82 Å².